The molecule has 70 heavy (non-hydrogen) atoms. The Morgan fingerprint density at radius 2 is 1.01 bits per heavy atom. The summed E-state index contributed by atoms with van der Waals surface area (Å²) in [6, 6.07) is 93.3. The smallest absolute Gasteiger partial charge is 0.0553 e. The van der Waals surface area contributed by atoms with E-state index in [2.05, 4.69) is 282 Å². The van der Waals surface area contributed by atoms with E-state index in [0.29, 0.717) is 0 Å². The summed E-state index contributed by atoms with van der Waals surface area (Å²) < 4.78 is 2.46. The van der Waals surface area contributed by atoms with Crippen LogP contribution in [-0.2, 0) is 0 Å². The van der Waals surface area contributed by atoms with E-state index in [1.165, 1.54) is 87.9 Å². The molecule has 2 heteroatoms. The molecule has 1 unspecified atom stereocenters. The van der Waals surface area contributed by atoms with Crippen molar-refractivity contribution in [2.45, 2.75) is 12.3 Å². The normalized spacial score (nSPS) is 13.5. The fraction of sp³-hybridized carbons (Fsp3) is 0.0294. The predicted octanol–water partition coefficient (Wildman–Crippen LogP) is 18.5. The van der Waals surface area contributed by atoms with Gasteiger partial charge in [0.15, 0.2) is 0 Å². The van der Waals surface area contributed by atoms with Gasteiger partial charge in [-0.2, -0.15) is 0 Å². The monoisotopic (exact) mass is 892 g/mol. The fourth-order valence-electron chi connectivity index (χ4n) is 10.8. The lowest BCUT2D eigenvalue weighted by Gasteiger charge is -2.30. The van der Waals surface area contributed by atoms with Crippen LogP contribution in [0.15, 0.2) is 279 Å². The van der Waals surface area contributed by atoms with Crippen molar-refractivity contribution in [2.75, 3.05) is 4.90 Å². The third-order valence-electron chi connectivity index (χ3n) is 14.3. The fourth-order valence-corrected chi connectivity index (χ4v) is 10.8. The first-order valence-electron chi connectivity index (χ1n) is 24.3. The highest BCUT2D eigenvalue weighted by molar-refractivity contribution is 6.17. The molecule has 330 valence electrons. The number of rotatable bonds is 9. The molecule has 0 bridgehead atoms. The Kier molecular flexibility index (Phi) is 10.4. The van der Waals surface area contributed by atoms with Gasteiger partial charge in [0.05, 0.1) is 11.0 Å². The SMILES string of the molecule is C1=CC(c2ccc3ccccc3c2)CC=C1N(c1ccc(-c2cccc3ccccc23)cc1)c1cccc(-c2cc(-c3ccccc3)cc3c2c2ccc(-c4ccccc4)cc2n3-c2ccccc2)c1. The van der Waals surface area contributed by atoms with Crippen LogP contribution in [0.25, 0.3) is 93.5 Å². The van der Waals surface area contributed by atoms with Crippen molar-refractivity contribution in [3.8, 4) is 50.2 Å². The zero-order valence-corrected chi connectivity index (χ0v) is 38.7. The first-order valence-corrected chi connectivity index (χ1v) is 24.3. The van der Waals surface area contributed by atoms with Crippen LogP contribution in [0, 0.1) is 0 Å². The molecular formula is C68H48N2. The van der Waals surface area contributed by atoms with E-state index in [-0.39, 0.29) is 5.92 Å². The zero-order chi connectivity index (χ0) is 46.4. The Balaban J connectivity index is 0.985. The van der Waals surface area contributed by atoms with Gasteiger partial charge in [0.1, 0.15) is 0 Å². The highest BCUT2D eigenvalue weighted by atomic mass is 15.1. The van der Waals surface area contributed by atoms with Gasteiger partial charge in [-0.25, -0.2) is 0 Å². The van der Waals surface area contributed by atoms with Crippen molar-refractivity contribution in [1.82, 2.24) is 4.57 Å². The molecule has 0 N–H and O–H groups in total. The highest BCUT2D eigenvalue weighted by Crippen LogP contribution is 2.45. The van der Waals surface area contributed by atoms with Crippen molar-refractivity contribution >= 4 is 54.7 Å². The summed E-state index contributed by atoms with van der Waals surface area (Å²) in [7, 11) is 0. The number of aromatic nitrogens is 1. The topological polar surface area (TPSA) is 8.17 Å². The molecule has 0 saturated heterocycles. The van der Waals surface area contributed by atoms with Gasteiger partial charge in [-0.1, -0.05) is 212 Å². The minimum absolute atomic E-state index is 0.286. The summed E-state index contributed by atoms with van der Waals surface area (Å²) >= 11 is 0. The van der Waals surface area contributed by atoms with E-state index in [1.807, 2.05) is 0 Å². The molecule has 0 fully saturated rings. The van der Waals surface area contributed by atoms with E-state index in [9.17, 15) is 0 Å². The van der Waals surface area contributed by atoms with E-state index in [0.717, 1.165) is 34.7 Å². The lowest BCUT2D eigenvalue weighted by Crippen LogP contribution is -2.17. The summed E-state index contributed by atoms with van der Waals surface area (Å²) in [5.74, 6) is 0.286. The van der Waals surface area contributed by atoms with Crippen molar-refractivity contribution in [3.05, 3.63) is 284 Å². The molecule has 0 spiro atoms. The predicted molar refractivity (Wildman–Crippen MR) is 297 cm³/mol. The Hall–Kier alpha value is -8.98. The molecule has 1 atom stereocenters. The average Bonchev–Trinajstić information content (AvgIpc) is 3.77. The number of anilines is 2. The molecule has 1 heterocycles. The first kappa shape index (κ1) is 41.2. The van der Waals surface area contributed by atoms with Crippen molar-refractivity contribution in [2.24, 2.45) is 0 Å². The van der Waals surface area contributed by atoms with Crippen molar-refractivity contribution in [3.63, 3.8) is 0 Å². The van der Waals surface area contributed by atoms with Crippen LogP contribution in [0.2, 0.25) is 0 Å². The molecule has 2 nitrogen and oxygen atoms in total. The summed E-state index contributed by atoms with van der Waals surface area (Å²) in [4.78, 5) is 2.45. The van der Waals surface area contributed by atoms with Gasteiger partial charge in [-0.15, -0.1) is 0 Å². The van der Waals surface area contributed by atoms with Crippen LogP contribution < -0.4 is 4.90 Å². The van der Waals surface area contributed by atoms with Crippen molar-refractivity contribution in [1.29, 1.82) is 0 Å². The zero-order valence-electron chi connectivity index (χ0n) is 38.7. The number of para-hydroxylation sites is 1. The quantitative estimate of drug-likeness (QED) is 0.140. The Bertz CT molecular complexity index is 3950. The summed E-state index contributed by atoms with van der Waals surface area (Å²) in [5.41, 5.74) is 17.7. The lowest BCUT2D eigenvalue weighted by molar-refractivity contribution is 0.841. The minimum atomic E-state index is 0.286. The third-order valence-corrected chi connectivity index (χ3v) is 14.3. The van der Waals surface area contributed by atoms with Gasteiger partial charge in [0.2, 0.25) is 0 Å². The van der Waals surface area contributed by atoms with Crippen LogP contribution >= 0.6 is 0 Å². The number of hydrogen-bond donors (Lipinski definition) is 0. The van der Waals surface area contributed by atoms with E-state index in [1.54, 1.807) is 0 Å². The second-order valence-corrected chi connectivity index (χ2v) is 18.4. The van der Waals surface area contributed by atoms with Crippen LogP contribution in [0.4, 0.5) is 11.4 Å². The van der Waals surface area contributed by atoms with Gasteiger partial charge in [0.25, 0.3) is 0 Å². The van der Waals surface area contributed by atoms with Gasteiger partial charge in [0, 0.05) is 39.4 Å². The second-order valence-electron chi connectivity index (χ2n) is 18.4. The Labute approximate surface area is 409 Å². The molecule has 0 radical (unpaired) electrons. The largest absolute Gasteiger partial charge is 0.311 e. The molecule has 11 aromatic carbocycles. The number of fused-ring (bicyclic) bond motifs is 5. The second kappa shape index (κ2) is 17.6. The number of hydrogen-bond acceptors (Lipinski definition) is 1. The van der Waals surface area contributed by atoms with Gasteiger partial charge in [-0.3, -0.25) is 0 Å². The molecule has 0 aliphatic heterocycles. The van der Waals surface area contributed by atoms with Crippen molar-refractivity contribution < 1.29 is 0 Å². The number of allylic oxidation sites excluding steroid dienone is 3. The summed E-state index contributed by atoms with van der Waals surface area (Å²) in [5, 5.41) is 7.51. The highest BCUT2D eigenvalue weighted by Gasteiger charge is 2.23. The van der Waals surface area contributed by atoms with Crippen LogP contribution in [-0.4, -0.2) is 4.57 Å². The summed E-state index contributed by atoms with van der Waals surface area (Å²) in [6.07, 6.45) is 8.06. The standard InChI is InChI=1S/C68H48N2/c1-4-16-47(17-5-1)55-36-41-64-66(45-55)70(58-25-8-3-9-26-58)67-46-57(48-18-6-2-7-19-48)44-65(68(64)67)56-24-14-27-61(43-56)69(59-37-32-50(33-38-59)54-31-30-49-20-10-11-22-53(49)42-54)60-39-34-52(35-40-60)63-29-15-23-51-21-12-13-28-62(51)63/h1-32,34-46,50H,33H2. The maximum Gasteiger partial charge on any atom is 0.0553 e. The van der Waals surface area contributed by atoms with Gasteiger partial charge >= 0.3 is 0 Å². The maximum atomic E-state index is 2.46. The number of nitrogens with zero attached hydrogens (tertiary/aromatic N) is 2. The average molecular weight is 893 g/mol. The molecular weight excluding hydrogens is 845 g/mol. The summed E-state index contributed by atoms with van der Waals surface area (Å²) in [6.45, 7) is 0. The minimum Gasteiger partial charge on any atom is -0.311 e. The van der Waals surface area contributed by atoms with Gasteiger partial charge in [-0.05, 0) is 139 Å². The van der Waals surface area contributed by atoms with E-state index >= 15 is 0 Å². The molecule has 1 aliphatic rings. The number of benzene rings is 11. The third kappa shape index (κ3) is 7.48. The molecule has 12 aromatic rings. The Morgan fingerprint density at radius 3 is 1.79 bits per heavy atom. The van der Waals surface area contributed by atoms with E-state index < -0.39 is 0 Å². The van der Waals surface area contributed by atoms with Crippen LogP contribution in [0.1, 0.15) is 17.9 Å². The van der Waals surface area contributed by atoms with Gasteiger partial charge < -0.3 is 9.47 Å². The molecule has 1 aromatic heterocycles. The maximum absolute atomic E-state index is 2.46. The Morgan fingerprint density at radius 1 is 0.371 bits per heavy atom. The van der Waals surface area contributed by atoms with E-state index in [4.69, 9.17) is 0 Å². The molecule has 1 aliphatic carbocycles. The molecule has 0 saturated carbocycles. The molecule has 0 amide bonds. The molecule has 13 rings (SSSR count). The van der Waals surface area contributed by atoms with Crippen LogP contribution in [0.3, 0.4) is 0 Å². The first-order chi connectivity index (χ1) is 34.7. The van der Waals surface area contributed by atoms with Crippen LogP contribution in [0.5, 0.6) is 0 Å². The lowest BCUT2D eigenvalue weighted by atomic mass is 9.89.